The maximum atomic E-state index is 11.5. The van der Waals surface area contributed by atoms with Crippen LogP contribution in [-0.2, 0) is 25.0 Å². The van der Waals surface area contributed by atoms with E-state index in [0.717, 1.165) is 5.56 Å². The minimum Gasteiger partial charge on any atom is -0.445 e. The van der Waals surface area contributed by atoms with Crippen LogP contribution in [0, 0.1) is 0 Å². The number of hydrogen-bond donors (Lipinski definition) is 4. The average Bonchev–Trinajstić information content (AvgIpc) is 2.51. The van der Waals surface area contributed by atoms with Gasteiger partial charge in [-0.1, -0.05) is 30.3 Å². The summed E-state index contributed by atoms with van der Waals surface area (Å²) in [6, 6.07) is 9.14. The summed E-state index contributed by atoms with van der Waals surface area (Å²) in [6.07, 6.45) is -1.71. The van der Waals surface area contributed by atoms with E-state index in [2.05, 4.69) is 5.32 Å². The predicted molar refractivity (Wildman–Crippen MR) is 86.8 cm³/mol. The van der Waals surface area contributed by atoms with Crippen LogP contribution in [0.2, 0.25) is 0 Å². The van der Waals surface area contributed by atoms with Crippen LogP contribution in [0.25, 0.3) is 0 Å². The molecule has 0 spiro atoms. The van der Waals surface area contributed by atoms with Gasteiger partial charge in [0.25, 0.3) is 0 Å². The van der Waals surface area contributed by atoms with Crippen LogP contribution in [0.1, 0.15) is 12.0 Å². The molecule has 9 nitrogen and oxygen atoms in total. The van der Waals surface area contributed by atoms with E-state index >= 15 is 0 Å². The molecule has 1 atom stereocenters. The number of carbonyl (C=O) groups excluding carboxylic acids is 1. The van der Waals surface area contributed by atoms with Crippen LogP contribution in [0.15, 0.2) is 30.3 Å². The summed E-state index contributed by atoms with van der Waals surface area (Å²) in [5.74, 6) is 0. The van der Waals surface area contributed by atoms with Crippen LogP contribution < -0.4 is 5.32 Å². The predicted octanol–water partition coefficient (Wildman–Crippen LogP) is 1.68. The molecule has 0 saturated heterocycles. The highest BCUT2D eigenvalue weighted by atomic mass is 31.2. The van der Waals surface area contributed by atoms with E-state index in [1.54, 1.807) is 0 Å². The first-order valence-corrected chi connectivity index (χ1v) is 10.7. The van der Waals surface area contributed by atoms with E-state index in [0.29, 0.717) is 0 Å². The zero-order valence-electron chi connectivity index (χ0n) is 12.9. The fraction of sp³-hybridized carbons (Fsp3) is 0.462. The zero-order chi connectivity index (χ0) is 18.1. The molecule has 0 aliphatic heterocycles. The molecule has 1 unspecified atom stereocenters. The molecule has 136 valence electrons. The smallest absolute Gasteiger partial charge is 0.407 e. The molecule has 0 aromatic heterocycles. The summed E-state index contributed by atoms with van der Waals surface area (Å²) in [7, 11) is -8.38. The van der Waals surface area contributed by atoms with Gasteiger partial charge in [-0.15, -0.1) is 0 Å². The first kappa shape index (κ1) is 20.8. The molecule has 0 heterocycles. The lowest BCUT2D eigenvalue weighted by Gasteiger charge is -2.12. The summed E-state index contributed by atoms with van der Waals surface area (Å²) in [6.45, 7) is 0.178. The van der Waals surface area contributed by atoms with Crippen LogP contribution in [-0.4, -0.2) is 46.2 Å². The molecule has 0 aliphatic rings. The van der Waals surface area contributed by atoms with Crippen molar-refractivity contribution in [2.75, 3.05) is 25.5 Å². The van der Waals surface area contributed by atoms with Crippen LogP contribution in [0.4, 0.5) is 4.79 Å². The maximum Gasteiger partial charge on any atom is 0.407 e. The van der Waals surface area contributed by atoms with Gasteiger partial charge in [-0.3, -0.25) is 9.13 Å². The quantitative estimate of drug-likeness (QED) is 0.354. The Bertz CT molecular complexity index is 603. The number of rotatable bonds is 10. The third-order valence-electron chi connectivity index (χ3n) is 2.77. The number of amides is 1. The largest absolute Gasteiger partial charge is 0.445 e. The van der Waals surface area contributed by atoms with E-state index < -0.39 is 33.6 Å². The highest BCUT2D eigenvalue weighted by Gasteiger charge is 2.24. The van der Waals surface area contributed by atoms with E-state index in [1.807, 2.05) is 30.3 Å². The Balaban J connectivity index is 2.11. The van der Waals surface area contributed by atoms with Gasteiger partial charge < -0.3 is 29.3 Å². The maximum absolute atomic E-state index is 11.5. The Hall–Kier alpha value is -1.21. The van der Waals surface area contributed by atoms with Crippen molar-refractivity contribution >= 4 is 21.3 Å². The van der Waals surface area contributed by atoms with E-state index in [1.165, 1.54) is 0 Å². The van der Waals surface area contributed by atoms with Gasteiger partial charge in [0.15, 0.2) is 0 Å². The summed E-state index contributed by atoms with van der Waals surface area (Å²) < 4.78 is 31.8. The number of nitrogens with one attached hydrogen (secondary N) is 1. The molecular weight excluding hydrogens is 360 g/mol. The third kappa shape index (κ3) is 10.5. The van der Waals surface area contributed by atoms with Crippen LogP contribution >= 0.6 is 15.2 Å². The Labute approximate surface area is 139 Å². The van der Waals surface area contributed by atoms with Gasteiger partial charge in [-0.2, -0.15) is 0 Å². The fourth-order valence-corrected chi connectivity index (χ4v) is 4.16. The van der Waals surface area contributed by atoms with Gasteiger partial charge in [0.1, 0.15) is 6.61 Å². The van der Waals surface area contributed by atoms with Crippen molar-refractivity contribution in [1.29, 1.82) is 0 Å². The van der Waals surface area contributed by atoms with Crippen LogP contribution in [0.5, 0.6) is 0 Å². The molecule has 11 heteroatoms. The molecule has 0 saturated carbocycles. The van der Waals surface area contributed by atoms with Crippen molar-refractivity contribution in [3.05, 3.63) is 35.9 Å². The normalized spacial score (nSPS) is 14.0. The number of alkyl carbamates (subject to hydrolysis) is 1. The van der Waals surface area contributed by atoms with Gasteiger partial charge >= 0.3 is 21.3 Å². The molecule has 1 aromatic rings. The second kappa shape index (κ2) is 9.93. The highest BCUT2D eigenvalue weighted by molar-refractivity contribution is 7.56. The molecule has 0 bridgehead atoms. The van der Waals surface area contributed by atoms with Crippen molar-refractivity contribution in [2.24, 2.45) is 0 Å². The van der Waals surface area contributed by atoms with Crippen molar-refractivity contribution in [3.8, 4) is 0 Å². The van der Waals surface area contributed by atoms with Crippen molar-refractivity contribution < 1.29 is 37.9 Å². The molecule has 24 heavy (non-hydrogen) atoms. The first-order valence-electron chi connectivity index (χ1n) is 7.13. The standard InChI is InChI=1S/C13H21NO8P2/c15-13(21-11-12-5-2-1-3-6-12)14-7-4-8-22-24(19,20)10-9-23(16,17)18/h1-3,5-6H,4,7-11H2,(H,14,15)(H,19,20)(H2,16,17,18). The van der Waals surface area contributed by atoms with Gasteiger partial charge in [0.2, 0.25) is 0 Å². The lowest BCUT2D eigenvalue weighted by molar-refractivity contribution is 0.139. The highest BCUT2D eigenvalue weighted by Crippen LogP contribution is 2.46. The third-order valence-corrected chi connectivity index (χ3v) is 5.30. The number of hydrogen-bond acceptors (Lipinski definition) is 5. The van der Waals surface area contributed by atoms with E-state index in [4.69, 9.17) is 19.0 Å². The van der Waals surface area contributed by atoms with E-state index in [-0.39, 0.29) is 26.2 Å². The van der Waals surface area contributed by atoms with Gasteiger partial charge in [-0.05, 0) is 12.0 Å². The summed E-state index contributed by atoms with van der Waals surface area (Å²) >= 11 is 0. The van der Waals surface area contributed by atoms with Crippen molar-refractivity contribution in [2.45, 2.75) is 13.0 Å². The molecule has 0 fully saturated rings. The van der Waals surface area contributed by atoms with Crippen LogP contribution in [0.3, 0.4) is 0 Å². The summed E-state index contributed by atoms with van der Waals surface area (Å²) in [5.41, 5.74) is 0.849. The van der Waals surface area contributed by atoms with Crippen molar-refractivity contribution in [1.82, 2.24) is 5.32 Å². The minimum absolute atomic E-state index is 0.131. The van der Waals surface area contributed by atoms with Gasteiger partial charge in [0.05, 0.1) is 18.9 Å². The second-order valence-corrected chi connectivity index (χ2v) is 8.68. The van der Waals surface area contributed by atoms with Gasteiger partial charge in [0, 0.05) is 6.54 Å². The molecule has 1 amide bonds. The lowest BCUT2D eigenvalue weighted by atomic mass is 10.2. The monoisotopic (exact) mass is 381 g/mol. The number of benzene rings is 1. The fourth-order valence-electron chi connectivity index (χ4n) is 1.57. The number of ether oxygens (including phenoxy) is 1. The lowest BCUT2D eigenvalue weighted by Crippen LogP contribution is -2.25. The Morgan fingerprint density at radius 2 is 1.75 bits per heavy atom. The topological polar surface area (TPSA) is 142 Å². The Morgan fingerprint density at radius 3 is 2.38 bits per heavy atom. The summed E-state index contributed by atoms with van der Waals surface area (Å²) in [4.78, 5) is 38.1. The molecule has 1 aromatic carbocycles. The number of carbonyl (C=O) groups is 1. The SMILES string of the molecule is O=C(NCCCOP(=O)(O)CCP(=O)(O)O)OCc1ccccc1. The molecule has 1 rings (SSSR count). The molecular formula is C13H21NO8P2. The van der Waals surface area contributed by atoms with E-state index in [9.17, 15) is 18.8 Å². The molecule has 0 aliphatic carbocycles. The van der Waals surface area contributed by atoms with Gasteiger partial charge in [-0.25, -0.2) is 4.79 Å². The average molecular weight is 381 g/mol. The minimum atomic E-state index is -4.34. The Kier molecular flexibility index (Phi) is 8.62. The second-order valence-electron chi connectivity index (χ2n) is 4.92. The van der Waals surface area contributed by atoms with Crippen molar-refractivity contribution in [3.63, 3.8) is 0 Å². The molecule has 4 N–H and O–H groups in total. The summed E-state index contributed by atoms with van der Waals surface area (Å²) in [5, 5.41) is 2.46. The molecule has 0 radical (unpaired) electrons. The Morgan fingerprint density at radius 1 is 1.08 bits per heavy atom. The first-order chi connectivity index (χ1) is 11.2. The zero-order valence-corrected chi connectivity index (χ0v) is 14.7.